The van der Waals surface area contributed by atoms with Gasteiger partial charge in [-0.3, -0.25) is 4.79 Å². The van der Waals surface area contributed by atoms with Crippen molar-refractivity contribution in [1.82, 2.24) is 9.21 Å². The van der Waals surface area contributed by atoms with E-state index in [4.69, 9.17) is 20.8 Å². The highest BCUT2D eigenvalue weighted by molar-refractivity contribution is 8.00. The van der Waals surface area contributed by atoms with Crippen molar-refractivity contribution >= 4 is 45.3 Å². The van der Waals surface area contributed by atoms with Crippen molar-refractivity contribution in [3.05, 3.63) is 47.2 Å². The molecular weight excluding hydrogens is 452 g/mol. The maximum Gasteiger partial charge on any atom is 0.374 e. The molecule has 11 heteroatoms. The van der Waals surface area contributed by atoms with Gasteiger partial charge in [0, 0.05) is 36.1 Å². The summed E-state index contributed by atoms with van der Waals surface area (Å²) in [7, 11) is -3.89. The Labute approximate surface area is 184 Å². The molecule has 1 aliphatic heterocycles. The lowest BCUT2D eigenvalue weighted by Gasteiger charge is -2.33. The van der Waals surface area contributed by atoms with Crippen LogP contribution in [0.4, 0.5) is 0 Å². The summed E-state index contributed by atoms with van der Waals surface area (Å²) < 4.78 is 36.8. The molecule has 8 nitrogen and oxygen atoms in total. The van der Waals surface area contributed by atoms with E-state index in [-0.39, 0.29) is 55.3 Å². The van der Waals surface area contributed by atoms with E-state index in [1.165, 1.54) is 28.2 Å². The third kappa shape index (κ3) is 5.37. The number of furan rings is 1. The molecule has 1 amide bonds. The van der Waals surface area contributed by atoms with E-state index >= 15 is 0 Å². The number of carbonyl (C=O) groups excluding carboxylic acids is 2. The Kier molecular flexibility index (Phi) is 7.45. The average molecular weight is 473 g/mol. The van der Waals surface area contributed by atoms with Crippen molar-refractivity contribution in [1.29, 1.82) is 0 Å². The molecule has 30 heavy (non-hydrogen) atoms. The van der Waals surface area contributed by atoms with Crippen LogP contribution < -0.4 is 0 Å². The number of hydrogen-bond donors (Lipinski definition) is 0. The molecule has 1 saturated heterocycles. The highest BCUT2D eigenvalue weighted by atomic mass is 35.5. The highest BCUT2D eigenvalue weighted by Gasteiger charge is 2.32. The summed E-state index contributed by atoms with van der Waals surface area (Å²) in [6, 6.07) is 9.73. The Morgan fingerprint density at radius 3 is 2.40 bits per heavy atom. The Hall–Kier alpha value is -2.01. The van der Waals surface area contributed by atoms with E-state index in [1.807, 2.05) is 12.1 Å². The molecule has 0 N–H and O–H groups in total. The van der Waals surface area contributed by atoms with Gasteiger partial charge >= 0.3 is 5.97 Å². The Balaban J connectivity index is 1.54. The Morgan fingerprint density at radius 1 is 1.10 bits per heavy atom. The fourth-order valence-corrected chi connectivity index (χ4v) is 5.10. The van der Waals surface area contributed by atoms with Gasteiger partial charge in [0.05, 0.1) is 12.4 Å². The molecule has 0 radical (unpaired) electrons. The molecule has 0 saturated carbocycles. The number of rotatable bonds is 7. The molecule has 162 valence electrons. The number of ether oxygens (including phenoxy) is 1. The second-order valence-corrected chi connectivity index (χ2v) is 9.72. The van der Waals surface area contributed by atoms with E-state index < -0.39 is 16.0 Å². The first kappa shape index (κ1) is 22.7. The minimum atomic E-state index is -3.89. The highest BCUT2D eigenvalue weighted by Crippen LogP contribution is 2.23. The largest absolute Gasteiger partial charge is 0.460 e. The van der Waals surface area contributed by atoms with Crippen LogP contribution in [0.3, 0.4) is 0 Å². The van der Waals surface area contributed by atoms with Crippen LogP contribution in [0.2, 0.25) is 5.02 Å². The zero-order valence-corrected chi connectivity index (χ0v) is 18.6. The predicted molar refractivity (Wildman–Crippen MR) is 112 cm³/mol. The SMILES string of the molecule is CCOC(=O)c1ccc(S(=O)(=O)N2CCN(C(=O)CSc3ccc(Cl)cc3)CC2)o1. The number of piperazine rings is 1. The zero-order valence-electron chi connectivity index (χ0n) is 16.2. The van der Waals surface area contributed by atoms with Crippen LogP contribution in [-0.2, 0) is 19.6 Å². The molecule has 1 aromatic carbocycles. The van der Waals surface area contributed by atoms with Crippen molar-refractivity contribution in [2.24, 2.45) is 0 Å². The number of hydrogen-bond acceptors (Lipinski definition) is 7. The number of amides is 1. The summed E-state index contributed by atoms with van der Waals surface area (Å²) in [5, 5.41) is 0.317. The van der Waals surface area contributed by atoms with Crippen molar-refractivity contribution in [3.63, 3.8) is 0 Å². The minimum absolute atomic E-state index is 0.0606. The molecular formula is C19H21ClN2O6S2. The first-order valence-electron chi connectivity index (χ1n) is 9.24. The van der Waals surface area contributed by atoms with Gasteiger partial charge in [-0.2, -0.15) is 4.31 Å². The average Bonchev–Trinajstić information content (AvgIpc) is 3.25. The molecule has 1 fully saturated rings. The molecule has 0 atom stereocenters. The van der Waals surface area contributed by atoms with Gasteiger partial charge in [0.15, 0.2) is 0 Å². The van der Waals surface area contributed by atoms with Gasteiger partial charge in [0.1, 0.15) is 0 Å². The molecule has 0 bridgehead atoms. The summed E-state index contributed by atoms with van der Waals surface area (Å²) in [4.78, 5) is 26.7. The number of thioether (sulfide) groups is 1. The summed E-state index contributed by atoms with van der Waals surface area (Å²) in [5.74, 6) is -0.680. The monoisotopic (exact) mass is 472 g/mol. The van der Waals surface area contributed by atoms with Crippen molar-refractivity contribution in [2.75, 3.05) is 38.5 Å². The number of nitrogens with zero attached hydrogens (tertiary/aromatic N) is 2. The predicted octanol–water partition coefficient (Wildman–Crippen LogP) is 2.73. The van der Waals surface area contributed by atoms with Gasteiger partial charge in [0.25, 0.3) is 10.0 Å². The summed E-state index contributed by atoms with van der Waals surface area (Å²) in [5.41, 5.74) is 0. The minimum Gasteiger partial charge on any atom is -0.460 e. The van der Waals surface area contributed by atoms with Gasteiger partial charge in [-0.1, -0.05) is 11.6 Å². The third-order valence-electron chi connectivity index (χ3n) is 4.42. The van der Waals surface area contributed by atoms with Gasteiger partial charge in [-0.25, -0.2) is 13.2 Å². The zero-order chi connectivity index (χ0) is 21.7. The van der Waals surface area contributed by atoms with E-state index in [9.17, 15) is 18.0 Å². The van der Waals surface area contributed by atoms with Gasteiger partial charge < -0.3 is 14.1 Å². The van der Waals surface area contributed by atoms with Crippen LogP contribution in [0.25, 0.3) is 0 Å². The molecule has 2 aromatic rings. The summed E-state index contributed by atoms with van der Waals surface area (Å²) in [6.07, 6.45) is 0. The Bertz CT molecular complexity index is 998. The topological polar surface area (TPSA) is 97.1 Å². The molecule has 0 spiro atoms. The second-order valence-electron chi connectivity index (χ2n) is 6.37. The standard InChI is InChI=1S/C19H21ClN2O6S2/c1-2-27-19(24)16-7-8-18(28-16)30(25,26)22-11-9-21(10-12-22)17(23)13-29-15-5-3-14(20)4-6-15/h3-8H,2,9-13H2,1H3. The third-order valence-corrected chi connectivity index (χ3v) is 7.44. The van der Waals surface area contributed by atoms with Crippen LogP contribution in [0, 0.1) is 0 Å². The lowest BCUT2D eigenvalue weighted by Crippen LogP contribution is -2.50. The fraction of sp³-hybridized carbons (Fsp3) is 0.368. The maximum absolute atomic E-state index is 12.8. The summed E-state index contributed by atoms with van der Waals surface area (Å²) >= 11 is 7.26. The second kappa shape index (κ2) is 9.86. The van der Waals surface area contributed by atoms with Crippen molar-refractivity contribution < 1.29 is 27.2 Å². The number of benzene rings is 1. The van der Waals surface area contributed by atoms with E-state index in [2.05, 4.69) is 0 Å². The van der Waals surface area contributed by atoms with Crippen molar-refractivity contribution in [2.45, 2.75) is 16.9 Å². The molecule has 3 rings (SSSR count). The molecule has 0 unspecified atom stereocenters. The first-order valence-corrected chi connectivity index (χ1v) is 12.0. The number of esters is 1. The summed E-state index contributed by atoms with van der Waals surface area (Å²) in [6.45, 7) is 2.67. The number of halogens is 1. The lowest BCUT2D eigenvalue weighted by molar-refractivity contribution is -0.129. The van der Waals surface area contributed by atoms with Crippen LogP contribution in [0.5, 0.6) is 0 Å². The first-order chi connectivity index (χ1) is 14.3. The molecule has 1 aromatic heterocycles. The van der Waals surface area contributed by atoms with Crippen molar-refractivity contribution in [3.8, 4) is 0 Å². The maximum atomic E-state index is 12.8. The lowest BCUT2D eigenvalue weighted by atomic mass is 10.3. The number of carbonyl (C=O) groups is 2. The quantitative estimate of drug-likeness (QED) is 0.451. The van der Waals surface area contributed by atoms with Gasteiger partial charge in [-0.05, 0) is 43.3 Å². The normalized spacial score (nSPS) is 15.2. The van der Waals surface area contributed by atoms with Gasteiger partial charge in [0.2, 0.25) is 16.8 Å². The fourth-order valence-electron chi connectivity index (χ4n) is 2.84. The molecule has 1 aliphatic rings. The van der Waals surface area contributed by atoms with E-state index in [0.717, 1.165) is 4.90 Å². The van der Waals surface area contributed by atoms with Crippen LogP contribution in [0.15, 0.2) is 50.8 Å². The van der Waals surface area contributed by atoms with Crippen LogP contribution in [0.1, 0.15) is 17.5 Å². The Morgan fingerprint density at radius 2 is 1.77 bits per heavy atom. The molecule has 0 aliphatic carbocycles. The number of sulfonamides is 1. The van der Waals surface area contributed by atoms with E-state index in [1.54, 1.807) is 24.0 Å². The van der Waals surface area contributed by atoms with E-state index in [0.29, 0.717) is 5.02 Å². The van der Waals surface area contributed by atoms with Crippen LogP contribution >= 0.6 is 23.4 Å². The van der Waals surface area contributed by atoms with Gasteiger partial charge in [-0.15, -0.1) is 11.8 Å². The molecule has 2 heterocycles. The van der Waals surface area contributed by atoms with Crippen LogP contribution in [-0.4, -0.2) is 68.0 Å². The smallest absolute Gasteiger partial charge is 0.374 e.